The van der Waals surface area contributed by atoms with Crippen LogP contribution in [-0.2, 0) is 22.6 Å². The molecule has 0 radical (unpaired) electrons. The standard InChI is InChI=1S/C23H20F4N6O5/c24-15-8-12(31-11-13(38-23(31)37)10-29-20(34)19(26)27)9-16(25)18(15)30-4-6-32-21(35)14-2-1-3-28-17(14)22(36)33(32)7-5-30/h1-3,8-9,13,19H,4-7,10-11H2,(H,29,34)/t13-/m0/s1. The summed E-state index contributed by atoms with van der Waals surface area (Å²) in [5.41, 5.74) is -1.51. The van der Waals surface area contributed by atoms with Crippen LogP contribution in [0.4, 0.5) is 33.7 Å². The number of nitrogens with zero attached hydrogens (tertiary/aromatic N) is 5. The van der Waals surface area contributed by atoms with Crippen LogP contribution in [-0.4, -0.2) is 65.1 Å². The van der Waals surface area contributed by atoms with Gasteiger partial charge in [-0.15, -0.1) is 0 Å². The molecular formula is C23H20F4N6O5. The number of fused-ring (bicyclic) bond motifs is 2. The average molecular weight is 536 g/mol. The molecule has 0 bridgehead atoms. The lowest BCUT2D eigenvalue weighted by atomic mass is 10.2. The third-order valence-corrected chi connectivity index (χ3v) is 6.37. The highest BCUT2D eigenvalue weighted by molar-refractivity contribution is 5.90. The molecule has 1 N–H and O–H groups in total. The normalized spacial score (nSPS) is 17.5. The van der Waals surface area contributed by atoms with E-state index < -0.39 is 59.5 Å². The highest BCUT2D eigenvalue weighted by Crippen LogP contribution is 2.31. The lowest BCUT2D eigenvalue weighted by Gasteiger charge is -2.24. The summed E-state index contributed by atoms with van der Waals surface area (Å²) in [4.78, 5) is 55.3. The Labute approximate surface area is 210 Å². The zero-order valence-corrected chi connectivity index (χ0v) is 19.6. The number of carbonyl (C=O) groups excluding carboxylic acids is 2. The predicted molar refractivity (Wildman–Crippen MR) is 125 cm³/mol. The summed E-state index contributed by atoms with van der Waals surface area (Å²) in [5.74, 6) is -3.53. The predicted octanol–water partition coefficient (Wildman–Crippen LogP) is 1.06. The number of hydrogen-bond donors (Lipinski definition) is 1. The van der Waals surface area contributed by atoms with Gasteiger partial charge < -0.3 is 15.0 Å². The number of pyridine rings is 1. The Morgan fingerprint density at radius 3 is 2.37 bits per heavy atom. The quantitative estimate of drug-likeness (QED) is 0.485. The molecule has 2 aromatic heterocycles. The fourth-order valence-electron chi connectivity index (χ4n) is 4.58. The van der Waals surface area contributed by atoms with Crippen LogP contribution in [0.3, 0.4) is 0 Å². The first kappa shape index (κ1) is 25.2. The smallest absolute Gasteiger partial charge is 0.414 e. The largest absolute Gasteiger partial charge is 0.442 e. The van der Waals surface area contributed by atoms with Crippen molar-refractivity contribution in [2.75, 3.05) is 36.0 Å². The van der Waals surface area contributed by atoms with Crippen LogP contribution in [0.2, 0.25) is 0 Å². The number of nitrogens with one attached hydrogen (secondary N) is 1. The minimum Gasteiger partial charge on any atom is -0.442 e. The second-order valence-corrected chi connectivity index (χ2v) is 8.66. The van der Waals surface area contributed by atoms with Gasteiger partial charge in [0.25, 0.3) is 17.0 Å². The number of rotatable bonds is 5. The molecule has 1 atom stereocenters. The van der Waals surface area contributed by atoms with E-state index in [1.165, 1.54) is 32.6 Å². The number of alkyl halides is 2. The van der Waals surface area contributed by atoms with Crippen molar-refractivity contribution in [2.24, 2.45) is 0 Å². The second kappa shape index (κ2) is 9.79. The molecule has 1 saturated heterocycles. The van der Waals surface area contributed by atoms with Crippen molar-refractivity contribution in [3.63, 3.8) is 0 Å². The van der Waals surface area contributed by atoms with Gasteiger partial charge in [-0.05, 0) is 12.1 Å². The average Bonchev–Trinajstić information content (AvgIpc) is 3.12. The number of aromatic nitrogens is 3. The SMILES string of the molecule is O=C(NC[C@H]1CN(c2cc(F)c(N3CCn4c(=O)c5cccnc5c(=O)n4CC3)c(F)c2)C(=O)O1)C(F)F. The number of amides is 2. The Balaban J connectivity index is 1.36. The molecule has 3 aromatic rings. The first-order valence-corrected chi connectivity index (χ1v) is 11.5. The maximum atomic E-state index is 15.2. The molecule has 5 rings (SSSR count). The van der Waals surface area contributed by atoms with E-state index in [0.717, 1.165) is 17.0 Å². The van der Waals surface area contributed by atoms with E-state index in [1.54, 1.807) is 0 Å². The van der Waals surface area contributed by atoms with Crippen LogP contribution < -0.4 is 26.2 Å². The van der Waals surface area contributed by atoms with Gasteiger partial charge in [0, 0.05) is 31.4 Å². The summed E-state index contributed by atoms with van der Waals surface area (Å²) in [5, 5.41) is 2.07. The van der Waals surface area contributed by atoms with Crippen molar-refractivity contribution in [1.82, 2.24) is 19.7 Å². The van der Waals surface area contributed by atoms with Gasteiger partial charge in [-0.1, -0.05) is 0 Å². The lowest BCUT2D eigenvalue weighted by Crippen LogP contribution is -2.39. The highest BCUT2D eigenvalue weighted by atomic mass is 19.3. The van der Waals surface area contributed by atoms with Gasteiger partial charge in [0.15, 0.2) is 11.6 Å². The molecule has 0 unspecified atom stereocenters. The molecule has 0 saturated carbocycles. The van der Waals surface area contributed by atoms with Gasteiger partial charge in [-0.25, -0.2) is 22.9 Å². The van der Waals surface area contributed by atoms with E-state index in [4.69, 9.17) is 4.74 Å². The fourth-order valence-corrected chi connectivity index (χ4v) is 4.58. The topological polar surface area (TPSA) is 119 Å². The number of benzene rings is 1. The molecule has 2 aliphatic heterocycles. The molecule has 200 valence electrons. The second-order valence-electron chi connectivity index (χ2n) is 8.66. The first-order valence-electron chi connectivity index (χ1n) is 11.5. The Kier molecular flexibility index (Phi) is 6.50. The Hall–Kier alpha value is -4.43. The Bertz CT molecular complexity index is 1470. The summed E-state index contributed by atoms with van der Waals surface area (Å²) in [6.07, 6.45) is -3.80. The summed E-state index contributed by atoms with van der Waals surface area (Å²) in [6.45, 7) is -0.673. The number of halogens is 4. The van der Waals surface area contributed by atoms with E-state index in [2.05, 4.69) is 4.98 Å². The third-order valence-electron chi connectivity index (χ3n) is 6.37. The molecule has 2 aliphatic rings. The van der Waals surface area contributed by atoms with Crippen molar-refractivity contribution >= 4 is 34.3 Å². The van der Waals surface area contributed by atoms with Gasteiger partial charge >= 0.3 is 12.5 Å². The van der Waals surface area contributed by atoms with Crippen LogP contribution in [0.5, 0.6) is 0 Å². The minimum atomic E-state index is -3.24. The van der Waals surface area contributed by atoms with E-state index >= 15 is 8.78 Å². The van der Waals surface area contributed by atoms with Crippen molar-refractivity contribution in [1.29, 1.82) is 0 Å². The molecule has 1 aromatic carbocycles. The van der Waals surface area contributed by atoms with Crippen LogP contribution in [0.15, 0.2) is 40.1 Å². The number of ether oxygens (including phenoxy) is 1. The van der Waals surface area contributed by atoms with Crippen LogP contribution >= 0.6 is 0 Å². The third kappa shape index (κ3) is 4.43. The van der Waals surface area contributed by atoms with E-state index in [0.29, 0.717) is 0 Å². The molecule has 0 aliphatic carbocycles. The van der Waals surface area contributed by atoms with Crippen molar-refractivity contribution in [3.8, 4) is 0 Å². The molecule has 38 heavy (non-hydrogen) atoms. The fraction of sp³-hybridized carbons (Fsp3) is 0.348. The number of anilines is 2. The first-order chi connectivity index (χ1) is 18.2. The Morgan fingerprint density at radius 1 is 1.05 bits per heavy atom. The molecule has 4 heterocycles. The number of hydrogen-bond acceptors (Lipinski definition) is 7. The van der Waals surface area contributed by atoms with Gasteiger partial charge in [0.1, 0.15) is 17.3 Å². The summed E-state index contributed by atoms with van der Waals surface area (Å²) in [7, 11) is 0. The molecular weight excluding hydrogens is 516 g/mol. The van der Waals surface area contributed by atoms with Crippen molar-refractivity contribution < 1.29 is 31.9 Å². The zero-order valence-electron chi connectivity index (χ0n) is 19.6. The molecule has 0 spiro atoms. The zero-order chi connectivity index (χ0) is 27.1. The Morgan fingerprint density at radius 2 is 1.71 bits per heavy atom. The van der Waals surface area contributed by atoms with Gasteiger partial charge in [-0.2, -0.15) is 8.78 Å². The van der Waals surface area contributed by atoms with Gasteiger partial charge in [-0.3, -0.25) is 24.3 Å². The maximum absolute atomic E-state index is 15.2. The number of cyclic esters (lactones) is 1. The highest BCUT2D eigenvalue weighted by Gasteiger charge is 2.34. The molecule has 2 amide bonds. The summed E-state index contributed by atoms with van der Waals surface area (Å²) >= 11 is 0. The summed E-state index contributed by atoms with van der Waals surface area (Å²) in [6, 6.07) is 4.87. The van der Waals surface area contributed by atoms with Crippen molar-refractivity contribution in [3.05, 3.63) is 62.8 Å². The number of carbonyl (C=O) groups is 2. The van der Waals surface area contributed by atoms with E-state index in [9.17, 15) is 28.0 Å². The maximum Gasteiger partial charge on any atom is 0.414 e. The summed E-state index contributed by atoms with van der Waals surface area (Å²) < 4.78 is 62.6. The van der Waals surface area contributed by atoms with Crippen LogP contribution in [0.25, 0.3) is 10.9 Å². The molecule has 1 fully saturated rings. The van der Waals surface area contributed by atoms with E-state index in [1.807, 2.05) is 5.32 Å². The molecule has 15 heteroatoms. The monoisotopic (exact) mass is 536 g/mol. The minimum absolute atomic E-state index is 0.00252. The molecule has 11 nitrogen and oxygen atoms in total. The van der Waals surface area contributed by atoms with Gasteiger partial charge in [0.05, 0.1) is 37.3 Å². The van der Waals surface area contributed by atoms with Crippen molar-refractivity contribution in [2.45, 2.75) is 25.6 Å². The van der Waals surface area contributed by atoms with E-state index in [-0.39, 0.29) is 49.3 Å². The lowest BCUT2D eigenvalue weighted by molar-refractivity contribution is -0.132. The van der Waals surface area contributed by atoms with Crippen LogP contribution in [0.1, 0.15) is 0 Å². The van der Waals surface area contributed by atoms with Gasteiger partial charge in [0.2, 0.25) is 0 Å². The van der Waals surface area contributed by atoms with Crippen LogP contribution in [0, 0.1) is 11.6 Å².